The molecule has 116 valence electrons. The Morgan fingerprint density at radius 1 is 0.778 bits per heavy atom. The van der Waals surface area contributed by atoms with E-state index in [0.717, 1.165) is 8.97 Å². The molecule has 0 heterocycles. The zero-order valence-corrected chi connectivity index (χ0v) is 13.7. The van der Waals surface area contributed by atoms with Crippen LogP contribution < -0.4 is 0 Å². The quantitative estimate of drug-likeness (QED) is 0.379. The summed E-state index contributed by atoms with van der Waals surface area (Å²) in [5.74, 6) is 0. The zero-order valence-electron chi connectivity index (χ0n) is 12.8. The van der Waals surface area contributed by atoms with Gasteiger partial charge >= 0.3 is 0 Å². The van der Waals surface area contributed by atoms with Crippen LogP contribution in [0.4, 0.5) is 0 Å². The van der Waals surface area contributed by atoms with Crippen molar-refractivity contribution in [2.75, 3.05) is 55.4 Å². The van der Waals surface area contributed by atoms with Crippen LogP contribution in [-0.4, -0.2) is 87.3 Å². The maximum absolute atomic E-state index is 8.52. The van der Waals surface area contributed by atoms with Crippen LogP contribution in [0.25, 0.3) is 0 Å². The number of quaternary nitrogens is 2. The normalized spacial score (nSPS) is 11.2. The van der Waals surface area contributed by atoms with Crippen molar-refractivity contribution in [3.63, 3.8) is 0 Å². The molecule has 0 aliphatic heterocycles. The van der Waals surface area contributed by atoms with Crippen LogP contribution in [0.1, 0.15) is 13.8 Å². The Morgan fingerprint density at radius 3 is 0.833 bits per heavy atom. The van der Waals surface area contributed by atoms with E-state index >= 15 is 0 Å². The fourth-order valence-electron chi connectivity index (χ4n) is 0. The van der Waals surface area contributed by atoms with Gasteiger partial charge in [-0.1, -0.05) is 0 Å². The Kier molecular flexibility index (Phi) is 15.6. The molecule has 0 aromatic carbocycles. The molecule has 0 saturated carbocycles. The van der Waals surface area contributed by atoms with Crippen molar-refractivity contribution in [2.24, 2.45) is 0 Å². The van der Waals surface area contributed by atoms with E-state index in [-0.39, 0.29) is 5.48 Å². The van der Waals surface area contributed by atoms with Gasteiger partial charge in [-0.3, -0.25) is 8.42 Å². The van der Waals surface area contributed by atoms with Crippen molar-refractivity contribution in [1.29, 1.82) is 0 Å². The summed E-state index contributed by atoms with van der Waals surface area (Å²) in [5.41, 5.74) is 0. The minimum atomic E-state index is -5.17. The Balaban J connectivity index is -0.0000000799. The number of hydrogen-bond acceptors (Lipinski definition) is 4. The second kappa shape index (κ2) is 10.7. The molecule has 0 rings (SSSR count). The summed E-state index contributed by atoms with van der Waals surface area (Å²) in [5, 5.41) is 0. The first-order valence-corrected chi connectivity index (χ1v) is 6.73. The van der Waals surface area contributed by atoms with Gasteiger partial charge in [-0.25, -0.2) is 0 Å². The molecule has 2 N–H and O–H groups in total. The second-order valence-electron chi connectivity index (χ2n) is 5.62. The first-order chi connectivity index (χ1) is 7.12. The largest absolute Gasteiger partial charge is 0.759 e. The molecule has 8 heteroatoms. The highest BCUT2D eigenvalue weighted by atomic mass is 32.3. The lowest BCUT2D eigenvalue weighted by molar-refractivity contribution is -0.868. The molecule has 0 aliphatic carbocycles. The highest BCUT2D eigenvalue weighted by molar-refractivity contribution is 7.79. The van der Waals surface area contributed by atoms with Crippen molar-refractivity contribution in [3.8, 4) is 0 Å². The third kappa shape index (κ3) is 104. The second-order valence-corrected chi connectivity index (χ2v) is 6.44. The standard InChI is InChI=1S/2C5H14N.H2O4S.H2O/c2*1-5-6(2,3)4;1-5(2,3)4;/h2*5H2,1-4H3;(H2,1,2,3,4);1H2/q2*+1;;/p-2. The van der Waals surface area contributed by atoms with Gasteiger partial charge in [0, 0.05) is 10.4 Å². The first kappa shape index (κ1) is 26.3. The van der Waals surface area contributed by atoms with Crippen LogP contribution in [0.5, 0.6) is 0 Å². The third-order valence-electron chi connectivity index (χ3n) is 1.90. The molecule has 0 radical (unpaired) electrons. The minimum absolute atomic E-state index is 0. The maximum atomic E-state index is 8.52. The van der Waals surface area contributed by atoms with Crippen LogP contribution in [0, 0.1) is 0 Å². The maximum Gasteiger partial charge on any atom is 0.0751 e. The number of nitrogens with zero attached hydrogens (tertiary/aromatic N) is 2. The summed E-state index contributed by atoms with van der Waals surface area (Å²) in [6.07, 6.45) is 0. The molecule has 0 spiro atoms. The van der Waals surface area contributed by atoms with Crippen LogP contribution in [-0.2, 0) is 10.4 Å². The summed E-state index contributed by atoms with van der Waals surface area (Å²) >= 11 is 0. The van der Waals surface area contributed by atoms with E-state index in [1.807, 2.05) is 0 Å². The zero-order chi connectivity index (χ0) is 14.9. The average Bonchev–Trinajstić information content (AvgIpc) is 2.00. The lowest BCUT2D eigenvalue weighted by Crippen LogP contribution is -2.33. The van der Waals surface area contributed by atoms with Gasteiger partial charge in [0.2, 0.25) is 0 Å². The number of hydrogen-bond donors (Lipinski definition) is 0. The van der Waals surface area contributed by atoms with Crippen LogP contribution >= 0.6 is 0 Å². The molecule has 0 bridgehead atoms. The molecule has 0 aromatic heterocycles. The molecule has 7 nitrogen and oxygen atoms in total. The van der Waals surface area contributed by atoms with Gasteiger partial charge in [-0.15, -0.1) is 0 Å². The van der Waals surface area contributed by atoms with E-state index < -0.39 is 10.4 Å². The van der Waals surface area contributed by atoms with E-state index in [1.165, 1.54) is 13.1 Å². The summed E-state index contributed by atoms with van der Waals surface area (Å²) in [6, 6.07) is 0. The summed E-state index contributed by atoms with van der Waals surface area (Å²) < 4.78 is 36.2. The Labute approximate surface area is 112 Å². The Bertz CT molecular complexity index is 243. The van der Waals surface area contributed by atoms with Crippen molar-refractivity contribution in [2.45, 2.75) is 13.8 Å². The lowest BCUT2D eigenvalue weighted by atomic mass is 10.6. The van der Waals surface area contributed by atoms with Gasteiger partial charge in [0.15, 0.2) is 0 Å². The highest BCUT2D eigenvalue weighted by Crippen LogP contribution is 1.84. The van der Waals surface area contributed by atoms with Crippen molar-refractivity contribution < 1.29 is 32.0 Å². The van der Waals surface area contributed by atoms with Gasteiger partial charge in [0.25, 0.3) is 0 Å². The Hall–Kier alpha value is -0.250. The topological polar surface area (TPSA) is 112 Å². The third-order valence-corrected chi connectivity index (χ3v) is 1.90. The van der Waals surface area contributed by atoms with Crippen molar-refractivity contribution in [1.82, 2.24) is 0 Å². The molecule has 0 fully saturated rings. The van der Waals surface area contributed by atoms with Gasteiger partial charge < -0.3 is 23.5 Å². The summed E-state index contributed by atoms with van der Waals surface area (Å²) in [4.78, 5) is 0. The van der Waals surface area contributed by atoms with Crippen LogP contribution in [0.2, 0.25) is 0 Å². The molecule has 0 unspecified atom stereocenters. The first-order valence-electron chi connectivity index (χ1n) is 5.40. The monoisotopic (exact) mass is 290 g/mol. The smallest absolute Gasteiger partial charge is 0.0751 e. The molecular formula is C10H30N2O5S. The predicted octanol–water partition coefficient (Wildman–Crippen LogP) is -0.738. The molecule has 0 amide bonds. The van der Waals surface area contributed by atoms with Crippen LogP contribution in [0.3, 0.4) is 0 Å². The molecule has 0 saturated heterocycles. The number of rotatable bonds is 2. The van der Waals surface area contributed by atoms with Gasteiger partial charge in [0.1, 0.15) is 0 Å². The van der Waals surface area contributed by atoms with Gasteiger partial charge in [-0.05, 0) is 13.8 Å². The van der Waals surface area contributed by atoms with Crippen molar-refractivity contribution in [3.05, 3.63) is 0 Å². The lowest BCUT2D eigenvalue weighted by Gasteiger charge is -2.20. The van der Waals surface area contributed by atoms with E-state index in [9.17, 15) is 0 Å². The Morgan fingerprint density at radius 2 is 0.833 bits per heavy atom. The molecule has 0 aliphatic rings. The van der Waals surface area contributed by atoms with Gasteiger partial charge in [-0.2, -0.15) is 0 Å². The molecular weight excluding hydrogens is 260 g/mol. The average molecular weight is 290 g/mol. The van der Waals surface area contributed by atoms with E-state index in [1.54, 1.807) is 0 Å². The fraction of sp³-hybridized carbons (Fsp3) is 1.00. The highest BCUT2D eigenvalue weighted by Gasteiger charge is 1.98. The molecule has 0 aromatic rings. The van der Waals surface area contributed by atoms with Gasteiger partial charge in [0.05, 0.1) is 55.4 Å². The van der Waals surface area contributed by atoms with E-state index in [4.69, 9.17) is 17.5 Å². The van der Waals surface area contributed by atoms with E-state index in [0.29, 0.717) is 0 Å². The van der Waals surface area contributed by atoms with Crippen molar-refractivity contribution >= 4 is 10.4 Å². The van der Waals surface area contributed by atoms with E-state index in [2.05, 4.69) is 56.1 Å². The molecule has 18 heavy (non-hydrogen) atoms. The SMILES string of the molecule is CC[N+](C)(C)C.CC[N+](C)(C)C.O.O=S(=O)([O-])[O-]. The summed E-state index contributed by atoms with van der Waals surface area (Å²) in [7, 11) is 7.92. The minimum Gasteiger partial charge on any atom is -0.759 e. The predicted molar refractivity (Wildman–Crippen MR) is 71.2 cm³/mol. The molecule has 0 atom stereocenters. The van der Waals surface area contributed by atoms with Crippen LogP contribution in [0.15, 0.2) is 0 Å². The fourth-order valence-corrected chi connectivity index (χ4v) is 0. The summed E-state index contributed by atoms with van der Waals surface area (Å²) in [6.45, 7) is 6.78.